The van der Waals surface area contributed by atoms with E-state index >= 15 is 0 Å². The van der Waals surface area contributed by atoms with Crippen LogP contribution in [0.5, 0.6) is 0 Å². The number of rotatable bonds is 7. The van der Waals surface area contributed by atoms with E-state index in [-0.39, 0.29) is 5.57 Å². The second-order valence-corrected chi connectivity index (χ2v) is 4.90. The summed E-state index contributed by atoms with van der Waals surface area (Å²) in [5.41, 5.74) is -5.05. The molecule has 0 aromatic heterocycles. The molecule has 0 aromatic carbocycles. The first-order valence-corrected chi connectivity index (χ1v) is 6.35. The fraction of sp³-hybridized carbons (Fsp3) is 0.556. The van der Waals surface area contributed by atoms with Gasteiger partial charge in [-0.3, -0.25) is 4.55 Å². The number of hydrogen-bond donors (Lipinski definition) is 1. The lowest BCUT2D eigenvalue weighted by atomic mass is 10.4. The van der Waals surface area contributed by atoms with Crippen LogP contribution in [0.3, 0.4) is 0 Å². The van der Waals surface area contributed by atoms with Crippen LogP contribution in [0.15, 0.2) is 12.2 Å². The molecule has 0 saturated heterocycles. The summed E-state index contributed by atoms with van der Waals surface area (Å²) in [4.78, 5) is 21.9. The summed E-state index contributed by atoms with van der Waals surface area (Å²) in [5.74, 6) is -2.63. The van der Waals surface area contributed by atoms with Gasteiger partial charge in [0.05, 0.1) is 0 Å². The highest BCUT2D eigenvalue weighted by atomic mass is 32.2. The number of hydrogen-bond acceptors (Lipinski definition) is 7. The van der Waals surface area contributed by atoms with Gasteiger partial charge >= 0.3 is 27.5 Å². The molecule has 0 aromatic rings. The van der Waals surface area contributed by atoms with Gasteiger partial charge in [0.2, 0.25) is 6.29 Å². The molecule has 20 heavy (non-hydrogen) atoms. The molecule has 0 aliphatic carbocycles. The minimum absolute atomic E-state index is 0.0425. The summed E-state index contributed by atoms with van der Waals surface area (Å²) in [6.07, 6.45) is -1.29. The summed E-state index contributed by atoms with van der Waals surface area (Å²) in [6.45, 7) is 4.65. The van der Waals surface area contributed by atoms with Gasteiger partial charge in [0, 0.05) is 5.57 Å². The lowest BCUT2D eigenvalue weighted by Gasteiger charge is -2.15. The lowest BCUT2D eigenvalue weighted by Crippen LogP contribution is -2.36. The van der Waals surface area contributed by atoms with Gasteiger partial charge in [0.25, 0.3) is 0 Å². The second kappa shape index (κ2) is 6.72. The van der Waals surface area contributed by atoms with Crippen molar-refractivity contribution in [3.8, 4) is 0 Å². The minimum Gasteiger partial charge on any atom is -0.433 e. The molecule has 0 bridgehead atoms. The molecule has 8 nitrogen and oxygen atoms in total. The van der Waals surface area contributed by atoms with Gasteiger partial charge < -0.3 is 14.2 Å². The summed E-state index contributed by atoms with van der Waals surface area (Å²) >= 11 is 0. The molecule has 0 aliphatic heterocycles. The van der Waals surface area contributed by atoms with Gasteiger partial charge in [-0.2, -0.15) is 8.42 Å². The van der Waals surface area contributed by atoms with Gasteiger partial charge in [-0.15, -0.1) is 8.78 Å². The molecule has 0 fully saturated rings. The highest BCUT2D eigenvalue weighted by Crippen LogP contribution is 2.22. The quantitative estimate of drug-likeness (QED) is 0.311. The Hall–Kier alpha value is -1.59. The Balaban J connectivity index is 4.31. The molecule has 0 heterocycles. The van der Waals surface area contributed by atoms with E-state index < -0.39 is 40.4 Å². The Bertz CT molecular complexity index is 498. The van der Waals surface area contributed by atoms with Crippen LogP contribution in [0.1, 0.15) is 13.8 Å². The fourth-order valence-electron chi connectivity index (χ4n) is 0.685. The first kappa shape index (κ1) is 18.4. The number of esters is 2. The van der Waals surface area contributed by atoms with Crippen LogP contribution in [0.4, 0.5) is 8.78 Å². The standard InChI is InChI=1S/C9H12F2O8S/c1-5(2)8(13)18-6(3)17-4-7(12)19-9(10,11)20(14,15)16/h6H,1,4H2,2-3H3,(H,14,15,16). The number of alkyl halides is 2. The molecule has 0 spiro atoms. The van der Waals surface area contributed by atoms with Crippen molar-refractivity contribution >= 4 is 22.1 Å². The predicted molar refractivity (Wildman–Crippen MR) is 58.9 cm³/mol. The van der Waals surface area contributed by atoms with E-state index in [9.17, 15) is 26.8 Å². The summed E-state index contributed by atoms with van der Waals surface area (Å²) in [5, 5.41) is 0. The Morgan fingerprint density at radius 1 is 1.40 bits per heavy atom. The topological polar surface area (TPSA) is 116 Å². The zero-order chi connectivity index (χ0) is 16.1. The zero-order valence-electron chi connectivity index (χ0n) is 10.5. The van der Waals surface area contributed by atoms with Gasteiger partial charge in [-0.05, 0) is 13.8 Å². The van der Waals surface area contributed by atoms with Crippen LogP contribution in [0.25, 0.3) is 0 Å². The van der Waals surface area contributed by atoms with Crippen molar-refractivity contribution in [2.45, 2.75) is 25.6 Å². The summed E-state index contributed by atoms with van der Waals surface area (Å²) in [7, 11) is -5.90. The SMILES string of the molecule is C=C(C)C(=O)OC(C)OCC(=O)OC(F)(F)S(=O)(=O)O. The van der Waals surface area contributed by atoms with Crippen molar-refractivity contribution in [1.29, 1.82) is 0 Å². The largest absolute Gasteiger partial charge is 0.536 e. The maximum absolute atomic E-state index is 12.6. The third-order valence-electron chi connectivity index (χ3n) is 1.59. The highest BCUT2D eigenvalue weighted by Gasteiger charge is 2.49. The van der Waals surface area contributed by atoms with Crippen molar-refractivity contribution in [2.24, 2.45) is 0 Å². The van der Waals surface area contributed by atoms with E-state index in [0.717, 1.165) is 0 Å². The summed E-state index contributed by atoms with van der Waals surface area (Å²) in [6, 6.07) is 0. The Kier molecular flexibility index (Phi) is 6.19. The van der Waals surface area contributed by atoms with E-state index in [1.807, 2.05) is 0 Å². The number of halogens is 2. The van der Waals surface area contributed by atoms with Gasteiger partial charge in [-0.25, -0.2) is 9.59 Å². The van der Waals surface area contributed by atoms with Crippen molar-refractivity contribution in [2.75, 3.05) is 6.61 Å². The van der Waals surface area contributed by atoms with E-state index in [1.165, 1.54) is 13.8 Å². The third kappa shape index (κ3) is 6.04. The second-order valence-electron chi connectivity index (χ2n) is 3.48. The van der Waals surface area contributed by atoms with Crippen LogP contribution in [-0.2, 0) is 33.9 Å². The molecule has 1 unspecified atom stereocenters. The molecule has 116 valence electrons. The Morgan fingerprint density at radius 2 is 1.90 bits per heavy atom. The van der Waals surface area contributed by atoms with Gasteiger partial charge in [0.1, 0.15) is 6.61 Å². The Labute approximate surface area is 113 Å². The first-order valence-electron chi connectivity index (χ1n) is 4.91. The lowest BCUT2D eigenvalue weighted by molar-refractivity contribution is -0.208. The monoisotopic (exact) mass is 318 g/mol. The average molecular weight is 318 g/mol. The van der Waals surface area contributed by atoms with Gasteiger partial charge in [-0.1, -0.05) is 6.58 Å². The molecular formula is C9H12F2O8S. The molecular weight excluding hydrogens is 306 g/mol. The van der Waals surface area contributed by atoms with Crippen LogP contribution >= 0.6 is 0 Å². The maximum atomic E-state index is 12.6. The average Bonchev–Trinajstić information content (AvgIpc) is 2.23. The number of ether oxygens (including phenoxy) is 3. The van der Waals surface area contributed by atoms with E-state index in [4.69, 9.17) is 4.55 Å². The number of carbonyl (C=O) groups is 2. The predicted octanol–water partition coefficient (Wildman–Crippen LogP) is 0.450. The zero-order valence-corrected chi connectivity index (χ0v) is 11.3. The molecule has 0 amide bonds. The molecule has 1 atom stereocenters. The van der Waals surface area contributed by atoms with Crippen molar-refractivity contribution in [1.82, 2.24) is 0 Å². The van der Waals surface area contributed by atoms with Crippen LogP contribution in [-0.4, -0.2) is 43.2 Å². The van der Waals surface area contributed by atoms with Gasteiger partial charge in [0.15, 0.2) is 0 Å². The molecule has 0 radical (unpaired) electrons. The smallest absolute Gasteiger partial charge is 0.433 e. The van der Waals surface area contributed by atoms with Crippen LogP contribution in [0.2, 0.25) is 0 Å². The van der Waals surface area contributed by atoms with Crippen molar-refractivity contribution in [3.05, 3.63) is 12.2 Å². The van der Waals surface area contributed by atoms with Crippen LogP contribution < -0.4 is 0 Å². The van der Waals surface area contributed by atoms with E-state index in [2.05, 4.69) is 20.8 Å². The van der Waals surface area contributed by atoms with E-state index in [0.29, 0.717) is 0 Å². The molecule has 11 heteroatoms. The fourth-order valence-corrected chi connectivity index (χ4v) is 0.884. The molecule has 0 rings (SSSR count). The molecule has 1 N–H and O–H groups in total. The molecule has 0 aliphatic rings. The third-order valence-corrected chi connectivity index (χ3v) is 2.27. The molecule has 0 saturated carbocycles. The minimum atomic E-state index is -5.90. The first-order chi connectivity index (χ1) is 8.86. The van der Waals surface area contributed by atoms with Crippen LogP contribution in [0, 0.1) is 0 Å². The van der Waals surface area contributed by atoms with Crippen molar-refractivity contribution < 1.29 is 45.6 Å². The normalized spacial score (nSPS) is 13.4. The van der Waals surface area contributed by atoms with E-state index in [1.54, 1.807) is 0 Å². The Morgan fingerprint density at radius 3 is 2.30 bits per heavy atom. The summed E-state index contributed by atoms with van der Waals surface area (Å²) < 4.78 is 65.8. The number of carbonyl (C=O) groups excluding carboxylic acids is 2. The highest BCUT2D eigenvalue weighted by molar-refractivity contribution is 7.86. The van der Waals surface area contributed by atoms with Crippen molar-refractivity contribution in [3.63, 3.8) is 0 Å². The maximum Gasteiger partial charge on any atom is 0.536 e.